The summed E-state index contributed by atoms with van der Waals surface area (Å²) in [5.41, 5.74) is 8.91. The van der Waals surface area contributed by atoms with E-state index in [1.54, 1.807) is 36.4 Å². The van der Waals surface area contributed by atoms with Crippen LogP contribution < -0.4 is 0 Å². The molecule has 11 aromatic carbocycles. The van der Waals surface area contributed by atoms with Crippen LogP contribution in [0.5, 0.6) is 0 Å². The predicted octanol–water partition coefficient (Wildman–Crippen LogP) is 15.5. The monoisotopic (exact) mass is 1770 g/mol. The molecule has 3 fully saturated rings. The lowest BCUT2D eigenvalue weighted by atomic mass is 9.93. The number of hydrogen-bond acceptors (Lipinski definition) is 23. The Kier molecular flexibility index (Phi) is 35.6. The van der Waals surface area contributed by atoms with Gasteiger partial charge in [-0.2, -0.15) is 8.42 Å². The lowest BCUT2D eigenvalue weighted by Crippen LogP contribution is -2.70. The standard InChI is InChI=1S/C104H111NO23S/c1-75-51-53-85(54-52-75)129(108,109)123-62-60-112-58-56-110-55-57-111-59-61-116-103-98(121-70-83-45-25-9-26-46-83)96(119-68-81-41-21-7-22-42-81)94(89(125-103)73-114-64-77-33-13-3-14-34-77)128-104-99(122-71-84-47-27-10-28-48-84)97(120-69-82-43-23-8-24-44-82)93(90(126-104)74-115-65-78-35-15-4-16-36-78)127-102-91(105-100(106)86-49-29-30-50-87(86)101(105)107)95(118-67-80-39-19-6-20-40-80)92(117-66-79-37-17-5-18-38-79)88(124-102)72-113-63-76-31-11-2-12-32-76/h2-54,88-99,102-104H,55-74H2,1H3/t88-,89-,90-,91-,92+,93+,94-,95-,96+,97+,98-,99-,102+,103-,104+/m1/s1. The molecule has 4 aliphatic rings. The summed E-state index contributed by atoms with van der Waals surface area (Å²) in [4.78, 5) is 32.9. The highest BCUT2D eigenvalue weighted by molar-refractivity contribution is 7.86. The van der Waals surface area contributed by atoms with Crippen molar-refractivity contribution in [1.29, 1.82) is 0 Å². The Morgan fingerprint density at radius 3 is 0.915 bits per heavy atom. The van der Waals surface area contributed by atoms with Crippen molar-refractivity contribution in [3.63, 3.8) is 0 Å². The highest BCUT2D eigenvalue weighted by Gasteiger charge is 2.60. The van der Waals surface area contributed by atoms with Gasteiger partial charge in [0.1, 0.15) is 73.2 Å². The first-order valence-corrected chi connectivity index (χ1v) is 45.3. The van der Waals surface area contributed by atoms with E-state index in [9.17, 15) is 8.42 Å². The molecule has 15 rings (SSSR count). The molecule has 4 heterocycles. The van der Waals surface area contributed by atoms with Gasteiger partial charge >= 0.3 is 0 Å². The molecule has 0 aromatic heterocycles. The maximum atomic E-state index is 15.8. The van der Waals surface area contributed by atoms with Crippen LogP contribution in [0.4, 0.5) is 0 Å². The Bertz CT molecular complexity index is 5180. The summed E-state index contributed by atoms with van der Waals surface area (Å²) in [6.07, 6.45) is -17.0. The zero-order chi connectivity index (χ0) is 88.5. The van der Waals surface area contributed by atoms with E-state index < -0.39 is 114 Å². The van der Waals surface area contributed by atoms with Crippen LogP contribution in [-0.2, 0) is 159 Å². The van der Waals surface area contributed by atoms with Crippen molar-refractivity contribution in [1.82, 2.24) is 4.90 Å². The molecule has 2 amide bonds. The van der Waals surface area contributed by atoms with Crippen molar-refractivity contribution in [3.8, 4) is 0 Å². The van der Waals surface area contributed by atoms with E-state index in [1.807, 2.05) is 280 Å². The second-order valence-electron chi connectivity index (χ2n) is 31.7. The van der Waals surface area contributed by atoms with Crippen LogP contribution in [0.3, 0.4) is 0 Å². The van der Waals surface area contributed by atoms with Crippen molar-refractivity contribution in [2.24, 2.45) is 0 Å². The molecule has 3 saturated heterocycles. The van der Waals surface area contributed by atoms with Crippen molar-refractivity contribution >= 4 is 21.9 Å². The molecule has 0 N–H and O–H groups in total. The van der Waals surface area contributed by atoms with Crippen LogP contribution in [-0.4, -0.2) is 190 Å². The molecule has 0 unspecified atom stereocenters. The van der Waals surface area contributed by atoms with Crippen molar-refractivity contribution < 1.29 is 107 Å². The smallest absolute Gasteiger partial charge is 0.297 e. The highest BCUT2D eigenvalue weighted by Crippen LogP contribution is 2.42. The predicted molar refractivity (Wildman–Crippen MR) is 478 cm³/mol. The number of benzene rings is 11. The molecule has 0 radical (unpaired) electrons. The molecular formula is C104H111NO23S. The molecule has 0 saturated carbocycles. The van der Waals surface area contributed by atoms with Gasteiger partial charge in [0.15, 0.2) is 18.9 Å². The molecule has 24 nitrogen and oxygen atoms in total. The van der Waals surface area contributed by atoms with E-state index in [0.29, 0.717) is 0 Å². The summed E-state index contributed by atoms with van der Waals surface area (Å²) in [6, 6.07) is 99.5. The quantitative estimate of drug-likeness (QED) is 0.0195. The lowest BCUT2D eigenvalue weighted by molar-refractivity contribution is -0.390. The topological polar surface area (TPSA) is 247 Å². The van der Waals surface area contributed by atoms with Crippen LogP contribution in [0.1, 0.15) is 76.4 Å². The molecule has 25 heteroatoms. The van der Waals surface area contributed by atoms with Gasteiger partial charge in [-0.3, -0.25) is 18.7 Å². The summed E-state index contributed by atoms with van der Waals surface area (Å²) < 4.78 is 158. The zero-order valence-electron chi connectivity index (χ0n) is 72.1. The first-order valence-electron chi connectivity index (χ1n) is 43.8. The Morgan fingerprint density at radius 1 is 0.264 bits per heavy atom. The molecule has 15 atom stereocenters. The maximum Gasteiger partial charge on any atom is 0.297 e. The first kappa shape index (κ1) is 93.4. The summed E-state index contributed by atoms with van der Waals surface area (Å²) >= 11 is 0. The molecule has 0 bridgehead atoms. The number of rotatable bonds is 50. The lowest BCUT2D eigenvalue weighted by Gasteiger charge is -2.52. The third-order valence-corrected chi connectivity index (χ3v) is 23.8. The Labute approximate surface area is 754 Å². The number of ether oxygens (including phenoxy) is 18. The summed E-state index contributed by atoms with van der Waals surface area (Å²) in [7, 11) is -3.94. The van der Waals surface area contributed by atoms with Crippen LogP contribution in [0.25, 0.3) is 0 Å². The molecule has 0 spiro atoms. The fourth-order valence-corrected chi connectivity index (χ4v) is 16.8. The van der Waals surface area contributed by atoms with Gasteiger partial charge in [0, 0.05) is 0 Å². The average molecular weight is 1780 g/mol. The number of amides is 2. The number of imide groups is 1. The Morgan fingerprint density at radius 2 is 0.543 bits per heavy atom. The van der Waals surface area contributed by atoms with Gasteiger partial charge in [-0.05, 0) is 81.3 Å². The maximum absolute atomic E-state index is 15.8. The molecule has 4 aliphatic heterocycles. The Hall–Kier alpha value is -10.3. The summed E-state index contributed by atoms with van der Waals surface area (Å²) in [5.74, 6) is -1.20. The van der Waals surface area contributed by atoms with Crippen LogP contribution in [0.2, 0.25) is 0 Å². The largest absolute Gasteiger partial charge is 0.377 e. The molecule has 129 heavy (non-hydrogen) atoms. The van der Waals surface area contributed by atoms with Crippen molar-refractivity contribution in [2.75, 3.05) is 72.7 Å². The van der Waals surface area contributed by atoms with E-state index in [2.05, 4.69) is 0 Å². The SMILES string of the molecule is Cc1ccc(S(=O)(=O)OCCOCCOCCOCCO[C@@H]2O[C@H](COCc3ccccc3)[C@@H](O[C@@H]3O[C@H](COCc4ccccc4)[C@H](O[C@@H]4O[C@H](COCc5ccccc5)[C@H](OCc5ccccc5)[C@H](OCc5ccccc5)[C@H]4N4C(=O)c5ccccc5C4=O)[C@H](OCc4ccccc4)[C@H]3OCc3ccccc3)[C@H](OCc3ccccc3)[C@H]2OCc2ccccc2)cc1. The van der Waals surface area contributed by atoms with Gasteiger partial charge in [-0.15, -0.1) is 0 Å². The minimum atomic E-state index is -3.94. The number of aryl methyl sites for hydroxylation is 1. The van der Waals surface area contributed by atoms with Gasteiger partial charge in [0.25, 0.3) is 21.9 Å². The van der Waals surface area contributed by atoms with E-state index in [-0.39, 0.29) is 148 Å². The van der Waals surface area contributed by atoms with Gasteiger partial charge in [0.2, 0.25) is 0 Å². The fourth-order valence-electron chi connectivity index (χ4n) is 15.9. The van der Waals surface area contributed by atoms with E-state index in [1.165, 1.54) is 17.0 Å². The minimum absolute atomic E-state index is 0.00266. The van der Waals surface area contributed by atoms with E-state index in [4.69, 9.17) is 89.4 Å². The van der Waals surface area contributed by atoms with Gasteiger partial charge in [-0.25, -0.2) is 0 Å². The van der Waals surface area contributed by atoms with Gasteiger partial charge in [0.05, 0.1) is 148 Å². The minimum Gasteiger partial charge on any atom is -0.377 e. The third-order valence-electron chi connectivity index (χ3n) is 22.4. The second kappa shape index (κ2) is 49.1. The third kappa shape index (κ3) is 27.0. The van der Waals surface area contributed by atoms with Crippen molar-refractivity contribution in [2.45, 2.75) is 163 Å². The van der Waals surface area contributed by atoms with Gasteiger partial charge in [-0.1, -0.05) is 303 Å². The average Bonchev–Trinajstić information content (AvgIpc) is 1.65. The summed E-state index contributed by atoms with van der Waals surface area (Å²) in [5, 5.41) is 0. The second-order valence-corrected chi connectivity index (χ2v) is 33.3. The highest BCUT2D eigenvalue weighted by atomic mass is 32.2. The zero-order valence-corrected chi connectivity index (χ0v) is 73.0. The summed E-state index contributed by atoms with van der Waals surface area (Å²) in [6.45, 7) is 3.01. The molecule has 676 valence electrons. The Balaban J connectivity index is 0.798. The number of carbonyl (C=O) groups is 2. The van der Waals surface area contributed by atoms with Crippen LogP contribution >= 0.6 is 0 Å². The molecular weight excluding hydrogens is 1660 g/mol. The number of carbonyl (C=O) groups excluding carboxylic acids is 2. The normalized spacial score (nSPS) is 22.9. The van der Waals surface area contributed by atoms with Crippen LogP contribution in [0.15, 0.2) is 326 Å². The number of hydrogen-bond donors (Lipinski definition) is 0. The molecule has 0 aliphatic carbocycles. The molecule has 11 aromatic rings. The first-order chi connectivity index (χ1) is 63.5. The fraction of sp³-hybridized carbons (Fsp3) is 0.346. The van der Waals surface area contributed by atoms with Gasteiger partial charge < -0.3 is 85.3 Å². The number of nitrogens with zero attached hydrogens (tertiary/aromatic N) is 1. The van der Waals surface area contributed by atoms with E-state index in [0.717, 1.165) is 55.6 Å². The number of fused-ring (bicyclic) bond motifs is 1. The van der Waals surface area contributed by atoms with Crippen LogP contribution in [0, 0.1) is 6.92 Å². The van der Waals surface area contributed by atoms with Crippen molar-refractivity contribution in [3.05, 3.63) is 388 Å². The van der Waals surface area contributed by atoms with E-state index >= 15 is 9.59 Å².